The molecule has 0 heterocycles. The van der Waals surface area contributed by atoms with Crippen molar-refractivity contribution in [2.24, 2.45) is 4.99 Å². The molecule has 132 valence electrons. The van der Waals surface area contributed by atoms with Gasteiger partial charge in [0.05, 0.1) is 0 Å². The Kier molecular flexibility index (Phi) is 10.4. The van der Waals surface area contributed by atoms with Crippen LogP contribution in [0.3, 0.4) is 0 Å². The van der Waals surface area contributed by atoms with Gasteiger partial charge in [0.2, 0.25) is 0 Å². The van der Waals surface area contributed by atoms with Crippen LogP contribution >= 0.6 is 35.6 Å². The summed E-state index contributed by atoms with van der Waals surface area (Å²) in [4.78, 5) is 6.26. The van der Waals surface area contributed by atoms with Crippen molar-refractivity contribution in [1.29, 1.82) is 0 Å². The maximum atomic E-state index is 12.0. The smallest absolute Gasteiger partial charge is 0.193 e. The van der Waals surface area contributed by atoms with E-state index in [4.69, 9.17) is 11.6 Å². The number of guanidine groups is 1. The van der Waals surface area contributed by atoms with Gasteiger partial charge in [0.25, 0.3) is 0 Å². The second kappa shape index (κ2) is 10.5. The summed E-state index contributed by atoms with van der Waals surface area (Å²) in [5, 5.41) is 4.00. The Morgan fingerprint density at radius 3 is 2.48 bits per heavy atom. The minimum absolute atomic E-state index is 0. The van der Waals surface area contributed by atoms with Crippen LogP contribution in [0.15, 0.2) is 29.3 Å². The van der Waals surface area contributed by atoms with Gasteiger partial charge < -0.3 is 10.2 Å². The van der Waals surface area contributed by atoms with Gasteiger partial charge in [-0.15, -0.1) is 24.0 Å². The molecule has 0 saturated carbocycles. The van der Waals surface area contributed by atoms with Crippen LogP contribution in [-0.2, 0) is 17.3 Å². The molecular formula is C16H27ClIN3OS. The van der Waals surface area contributed by atoms with Crippen molar-refractivity contribution >= 4 is 52.3 Å². The van der Waals surface area contributed by atoms with Crippen LogP contribution in [0.1, 0.15) is 26.3 Å². The zero-order chi connectivity index (χ0) is 16.8. The van der Waals surface area contributed by atoms with E-state index in [1.54, 1.807) is 7.05 Å². The third kappa shape index (κ3) is 7.85. The quantitative estimate of drug-likeness (QED) is 0.406. The van der Waals surface area contributed by atoms with Crippen LogP contribution in [0.4, 0.5) is 0 Å². The van der Waals surface area contributed by atoms with E-state index in [-0.39, 0.29) is 28.7 Å². The van der Waals surface area contributed by atoms with E-state index in [1.807, 2.05) is 57.0 Å². The van der Waals surface area contributed by atoms with Gasteiger partial charge in [-0.3, -0.25) is 9.20 Å². The molecule has 4 nitrogen and oxygen atoms in total. The summed E-state index contributed by atoms with van der Waals surface area (Å²) in [6, 6.07) is 7.77. The van der Waals surface area contributed by atoms with E-state index < -0.39 is 10.8 Å². The molecule has 1 atom stereocenters. The molecule has 23 heavy (non-hydrogen) atoms. The average molecular weight is 472 g/mol. The summed E-state index contributed by atoms with van der Waals surface area (Å²) in [6.07, 6.45) is 0. The fourth-order valence-electron chi connectivity index (χ4n) is 1.90. The molecule has 1 unspecified atom stereocenters. The number of hydrogen-bond acceptors (Lipinski definition) is 2. The highest BCUT2D eigenvalue weighted by Gasteiger charge is 2.19. The van der Waals surface area contributed by atoms with Crippen molar-refractivity contribution in [2.75, 3.05) is 26.4 Å². The first-order valence-corrected chi connectivity index (χ1v) is 8.99. The van der Waals surface area contributed by atoms with Crippen molar-refractivity contribution in [3.05, 3.63) is 34.9 Å². The Hall–Kier alpha value is -0.340. The molecule has 0 aliphatic heterocycles. The van der Waals surface area contributed by atoms with E-state index >= 15 is 0 Å². The van der Waals surface area contributed by atoms with Crippen LogP contribution in [0.5, 0.6) is 0 Å². The Morgan fingerprint density at radius 1 is 1.35 bits per heavy atom. The molecule has 0 fully saturated rings. The van der Waals surface area contributed by atoms with Crippen LogP contribution < -0.4 is 5.32 Å². The molecule has 1 aromatic rings. The monoisotopic (exact) mass is 471 g/mol. The lowest BCUT2D eigenvalue weighted by molar-refractivity contribution is 0.479. The van der Waals surface area contributed by atoms with Gasteiger partial charge in [0.15, 0.2) is 5.96 Å². The summed E-state index contributed by atoms with van der Waals surface area (Å²) >= 11 is 6.19. The van der Waals surface area contributed by atoms with Gasteiger partial charge in [-0.05, 0) is 32.4 Å². The highest BCUT2D eigenvalue weighted by Crippen LogP contribution is 2.16. The van der Waals surface area contributed by atoms with E-state index in [0.29, 0.717) is 18.8 Å². The average Bonchev–Trinajstić information content (AvgIpc) is 2.44. The van der Waals surface area contributed by atoms with Crippen LogP contribution in [0.2, 0.25) is 5.02 Å². The van der Waals surface area contributed by atoms with Gasteiger partial charge in [-0.1, -0.05) is 29.8 Å². The lowest BCUT2D eigenvalue weighted by Crippen LogP contribution is -2.41. The number of nitrogens with one attached hydrogen (secondary N) is 1. The first-order valence-electron chi connectivity index (χ1n) is 7.29. The van der Waals surface area contributed by atoms with Crippen LogP contribution in [0.25, 0.3) is 0 Å². The van der Waals surface area contributed by atoms with E-state index in [0.717, 1.165) is 16.5 Å². The Bertz CT molecular complexity index is 546. The largest absolute Gasteiger partial charge is 0.355 e. The van der Waals surface area contributed by atoms with Gasteiger partial charge in [0, 0.05) is 53.5 Å². The first-order chi connectivity index (χ1) is 10.3. The molecule has 0 saturated heterocycles. The summed E-state index contributed by atoms with van der Waals surface area (Å²) in [5.41, 5.74) is 1.05. The fraction of sp³-hybridized carbons (Fsp3) is 0.562. The molecule has 0 aliphatic rings. The second-order valence-electron chi connectivity index (χ2n) is 6.08. The molecule has 0 radical (unpaired) electrons. The maximum Gasteiger partial charge on any atom is 0.193 e. The highest BCUT2D eigenvalue weighted by molar-refractivity contribution is 14.0. The number of nitrogens with zero attached hydrogens (tertiary/aromatic N) is 2. The topological polar surface area (TPSA) is 44.7 Å². The Balaban J connectivity index is 0.00000484. The third-order valence-corrected chi connectivity index (χ3v) is 5.50. The number of aliphatic imine (C=N–C) groups is 1. The van der Waals surface area contributed by atoms with E-state index in [2.05, 4.69) is 10.3 Å². The Labute approximate surface area is 164 Å². The lowest BCUT2D eigenvalue weighted by Gasteiger charge is -2.23. The molecule has 0 aromatic heterocycles. The summed E-state index contributed by atoms with van der Waals surface area (Å²) in [7, 11) is 2.83. The highest BCUT2D eigenvalue weighted by atomic mass is 127. The molecule has 0 amide bonds. The number of benzene rings is 1. The molecule has 0 aliphatic carbocycles. The Morgan fingerprint density at radius 2 is 1.96 bits per heavy atom. The summed E-state index contributed by atoms with van der Waals surface area (Å²) in [5.74, 6) is 1.37. The van der Waals surface area contributed by atoms with Gasteiger partial charge in [-0.25, -0.2) is 0 Å². The van der Waals surface area contributed by atoms with Gasteiger partial charge in [-0.2, -0.15) is 0 Å². The fourth-order valence-corrected chi connectivity index (χ4v) is 3.00. The second-order valence-corrected chi connectivity index (χ2v) is 8.81. The van der Waals surface area contributed by atoms with Crippen molar-refractivity contribution < 1.29 is 4.21 Å². The lowest BCUT2D eigenvalue weighted by atomic mass is 10.2. The zero-order valence-electron chi connectivity index (χ0n) is 14.4. The molecule has 1 N–H and O–H groups in total. The minimum atomic E-state index is -0.868. The molecule has 0 spiro atoms. The van der Waals surface area contributed by atoms with E-state index in [9.17, 15) is 4.21 Å². The third-order valence-electron chi connectivity index (χ3n) is 3.19. The normalized spacial score (nSPS) is 13.2. The van der Waals surface area contributed by atoms with Crippen LogP contribution in [0, 0.1) is 0 Å². The summed E-state index contributed by atoms with van der Waals surface area (Å²) < 4.78 is 11.9. The molecule has 0 bridgehead atoms. The van der Waals surface area contributed by atoms with Crippen LogP contribution in [-0.4, -0.2) is 46.2 Å². The molecule has 1 aromatic carbocycles. The SMILES string of the molecule is CN=C(NCCS(=O)C(C)(C)C)N(C)Cc1ccccc1Cl.I. The van der Waals surface area contributed by atoms with Crippen molar-refractivity contribution in [3.8, 4) is 0 Å². The predicted octanol–water partition coefficient (Wildman–Crippen LogP) is 3.51. The molecule has 1 rings (SSSR count). The van der Waals surface area contributed by atoms with Crippen molar-refractivity contribution in [3.63, 3.8) is 0 Å². The minimum Gasteiger partial charge on any atom is -0.355 e. The maximum absolute atomic E-state index is 12.0. The zero-order valence-corrected chi connectivity index (χ0v) is 18.3. The van der Waals surface area contributed by atoms with Crippen molar-refractivity contribution in [1.82, 2.24) is 10.2 Å². The first kappa shape index (κ1) is 22.7. The standard InChI is InChI=1S/C16H26ClN3OS.HI/c1-16(2,3)22(21)11-10-19-15(18-4)20(5)12-13-8-6-7-9-14(13)17;/h6-9H,10-12H2,1-5H3,(H,18,19);1H. The van der Waals surface area contributed by atoms with Gasteiger partial charge in [0.1, 0.15) is 0 Å². The summed E-state index contributed by atoms with van der Waals surface area (Å²) in [6.45, 7) is 7.26. The predicted molar refractivity (Wildman–Crippen MR) is 112 cm³/mol. The number of hydrogen-bond donors (Lipinski definition) is 1. The molecular weight excluding hydrogens is 445 g/mol. The number of halogens is 2. The van der Waals surface area contributed by atoms with Gasteiger partial charge >= 0.3 is 0 Å². The van der Waals surface area contributed by atoms with Crippen molar-refractivity contribution in [2.45, 2.75) is 32.1 Å². The molecule has 7 heteroatoms. The number of rotatable bonds is 5. The van der Waals surface area contributed by atoms with E-state index in [1.165, 1.54) is 0 Å².